The number of carbonyl (C=O) groups is 2. The molecule has 1 saturated carbocycles. The number of nitrogens with one attached hydrogen (secondary N) is 1. The van der Waals surface area contributed by atoms with Gasteiger partial charge in [0, 0.05) is 11.6 Å². The van der Waals surface area contributed by atoms with Gasteiger partial charge >= 0.3 is 12.1 Å². The molecular weight excluding hydrogens is 397 g/mol. The fraction of sp³-hybridized carbons (Fsp3) is 0.545. The lowest BCUT2D eigenvalue weighted by molar-refractivity contribution is -0.147. The van der Waals surface area contributed by atoms with Crippen LogP contribution in [0.25, 0.3) is 0 Å². The molecule has 30 heavy (non-hydrogen) atoms. The average Bonchev–Trinajstić information content (AvgIpc) is 3.09. The second-order valence-corrected chi connectivity index (χ2v) is 7.72. The van der Waals surface area contributed by atoms with E-state index in [9.17, 15) is 22.8 Å². The third-order valence-electron chi connectivity index (χ3n) is 5.82. The van der Waals surface area contributed by atoms with Gasteiger partial charge in [0.25, 0.3) is 0 Å². The number of carbonyl (C=O) groups excluding carboxylic acids is 2. The number of hydrogen-bond acceptors (Lipinski definition) is 4. The molecule has 1 aromatic carbocycles. The Morgan fingerprint density at radius 1 is 1.27 bits per heavy atom. The van der Waals surface area contributed by atoms with E-state index in [1.54, 1.807) is 0 Å². The second kappa shape index (κ2) is 9.52. The monoisotopic (exact) mass is 422 g/mol. The molecule has 0 radical (unpaired) electrons. The molecule has 3 rings (SSSR count). The van der Waals surface area contributed by atoms with Gasteiger partial charge in [-0.05, 0) is 43.4 Å². The van der Waals surface area contributed by atoms with Gasteiger partial charge in [-0.25, -0.2) is 0 Å². The van der Waals surface area contributed by atoms with Crippen molar-refractivity contribution in [2.45, 2.75) is 50.4 Å². The van der Waals surface area contributed by atoms with E-state index in [2.05, 4.69) is 17.2 Å². The van der Waals surface area contributed by atoms with Gasteiger partial charge in [-0.1, -0.05) is 30.7 Å². The number of benzene rings is 1. The Kier molecular flexibility index (Phi) is 7.03. The molecule has 1 N–H and O–H groups in total. The number of methoxy groups -OCH3 is 1. The number of rotatable bonds is 4. The lowest BCUT2D eigenvalue weighted by atomic mass is 9.85. The Bertz CT molecular complexity index is 844. The van der Waals surface area contributed by atoms with E-state index in [-0.39, 0.29) is 36.6 Å². The number of amides is 1. The molecule has 0 aromatic heterocycles. The summed E-state index contributed by atoms with van der Waals surface area (Å²) in [5.41, 5.74) is -0.530. The summed E-state index contributed by atoms with van der Waals surface area (Å²) in [4.78, 5) is 26.5. The Hall–Kier alpha value is -2.53. The average molecular weight is 422 g/mol. The van der Waals surface area contributed by atoms with E-state index in [1.165, 1.54) is 19.2 Å². The largest absolute Gasteiger partial charge is 0.468 e. The number of halogens is 3. The van der Waals surface area contributed by atoms with Crippen LogP contribution in [-0.2, 0) is 20.5 Å². The number of ether oxygens (including phenoxy) is 1. The van der Waals surface area contributed by atoms with Crippen LogP contribution in [0.15, 0.2) is 24.3 Å². The van der Waals surface area contributed by atoms with E-state index in [4.69, 9.17) is 4.74 Å². The molecule has 3 atom stereocenters. The quantitative estimate of drug-likeness (QED) is 0.599. The summed E-state index contributed by atoms with van der Waals surface area (Å²) < 4.78 is 43.2. The zero-order chi connectivity index (χ0) is 21.7. The van der Waals surface area contributed by atoms with Crippen molar-refractivity contribution in [1.82, 2.24) is 10.2 Å². The number of likely N-dealkylation sites (tertiary alicyclic amines) is 1. The third kappa shape index (κ3) is 5.33. The minimum atomic E-state index is -4.42. The summed E-state index contributed by atoms with van der Waals surface area (Å²) in [6, 6.07) is 4.53. The van der Waals surface area contributed by atoms with Gasteiger partial charge in [-0.2, -0.15) is 13.2 Å². The van der Waals surface area contributed by atoms with Crippen LogP contribution in [0.1, 0.15) is 43.2 Å². The summed E-state index contributed by atoms with van der Waals surface area (Å²) in [5, 5.41) is 2.67. The highest BCUT2D eigenvalue weighted by molar-refractivity contribution is 5.81. The zero-order valence-corrected chi connectivity index (χ0v) is 16.8. The molecule has 2 aliphatic rings. The number of hydrogen-bond donors (Lipinski definition) is 1. The van der Waals surface area contributed by atoms with E-state index in [0.29, 0.717) is 12.3 Å². The van der Waals surface area contributed by atoms with Crippen LogP contribution in [0.2, 0.25) is 0 Å². The van der Waals surface area contributed by atoms with Crippen LogP contribution in [0.4, 0.5) is 13.2 Å². The number of nitrogens with zero attached hydrogens (tertiary/aromatic N) is 1. The summed E-state index contributed by atoms with van der Waals surface area (Å²) in [6.07, 6.45) is 0.518. The van der Waals surface area contributed by atoms with Crippen LogP contribution in [0, 0.1) is 17.8 Å². The predicted octanol–water partition coefficient (Wildman–Crippen LogP) is 2.98. The molecule has 0 bridgehead atoms. The number of fused-ring (bicyclic) bond motifs is 1. The maximum absolute atomic E-state index is 12.7. The molecule has 3 unspecified atom stereocenters. The first-order valence-corrected chi connectivity index (χ1v) is 10.1. The smallest absolute Gasteiger partial charge is 0.416 e. The van der Waals surface area contributed by atoms with Crippen molar-refractivity contribution in [3.63, 3.8) is 0 Å². The molecule has 5 nitrogen and oxygen atoms in total. The van der Waals surface area contributed by atoms with Crippen LogP contribution in [0.3, 0.4) is 0 Å². The number of alkyl halides is 3. The molecule has 1 amide bonds. The topological polar surface area (TPSA) is 58.6 Å². The molecule has 1 aliphatic heterocycles. The van der Waals surface area contributed by atoms with Gasteiger partial charge in [0.2, 0.25) is 5.91 Å². The molecule has 1 aromatic rings. The highest BCUT2D eigenvalue weighted by atomic mass is 19.4. The van der Waals surface area contributed by atoms with Gasteiger partial charge in [-0.15, -0.1) is 0 Å². The second-order valence-electron chi connectivity index (χ2n) is 7.72. The SMILES string of the molecule is COC(=O)C1CC2CCCCC2N1CC(=O)NCC#Cc1cccc(C(F)(F)F)c1. The van der Waals surface area contributed by atoms with Crippen molar-refractivity contribution < 1.29 is 27.5 Å². The molecule has 162 valence electrons. The lowest BCUT2D eigenvalue weighted by Crippen LogP contribution is -2.48. The Labute approximate surface area is 174 Å². The Morgan fingerprint density at radius 2 is 2.03 bits per heavy atom. The van der Waals surface area contributed by atoms with Crippen molar-refractivity contribution in [2.75, 3.05) is 20.2 Å². The highest BCUT2D eigenvalue weighted by Gasteiger charge is 2.46. The van der Waals surface area contributed by atoms with Crippen molar-refractivity contribution in [2.24, 2.45) is 5.92 Å². The summed E-state index contributed by atoms with van der Waals surface area (Å²) in [5.74, 6) is 5.12. The third-order valence-corrected chi connectivity index (χ3v) is 5.82. The molecule has 0 spiro atoms. The van der Waals surface area contributed by atoms with Crippen LogP contribution >= 0.6 is 0 Å². The highest BCUT2D eigenvalue weighted by Crippen LogP contribution is 2.39. The van der Waals surface area contributed by atoms with Gasteiger partial charge in [-0.3, -0.25) is 14.5 Å². The molecule has 1 heterocycles. The fourth-order valence-electron chi connectivity index (χ4n) is 4.43. The maximum Gasteiger partial charge on any atom is 0.416 e. The minimum Gasteiger partial charge on any atom is -0.468 e. The van der Waals surface area contributed by atoms with Crippen LogP contribution < -0.4 is 5.32 Å². The van der Waals surface area contributed by atoms with E-state index >= 15 is 0 Å². The fourth-order valence-corrected chi connectivity index (χ4v) is 4.43. The standard InChI is InChI=1S/C22H25F3N2O3/c1-30-21(29)19-13-16-8-2-3-10-18(16)27(19)14-20(28)26-11-5-7-15-6-4-9-17(12-15)22(23,24)25/h4,6,9,12,16,18-19H,2-3,8,10-11,13-14H2,1H3,(H,26,28). The summed E-state index contributed by atoms with van der Waals surface area (Å²) >= 11 is 0. The maximum atomic E-state index is 12.7. The lowest BCUT2D eigenvalue weighted by Gasteiger charge is -2.32. The van der Waals surface area contributed by atoms with Crippen molar-refractivity contribution in [3.8, 4) is 11.8 Å². The normalized spacial score (nSPS) is 23.8. The van der Waals surface area contributed by atoms with Gasteiger partial charge < -0.3 is 10.1 Å². The minimum absolute atomic E-state index is 0.0138. The molecule has 1 saturated heterocycles. The van der Waals surface area contributed by atoms with Crippen LogP contribution in [-0.4, -0.2) is 49.1 Å². The van der Waals surface area contributed by atoms with E-state index < -0.39 is 17.8 Å². The summed E-state index contributed by atoms with van der Waals surface area (Å²) in [7, 11) is 1.35. The Morgan fingerprint density at radius 3 is 2.77 bits per heavy atom. The zero-order valence-electron chi connectivity index (χ0n) is 16.8. The van der Waals surface area contributed by atoms with E-state index in [1.807, 2.05) is 4.90 Å². The first-order valence-electron chi connectivity index (χ1n) is 10.1. The van der Waals surface area contributed by atoms with Crippen molar-refractivity contribution in [1.29, 1.82) is 0 Å². The molecule has 1 aliphatic carbocycles. The Balaban J connectivity index is 1.57. The van der Waals surface area contributed by atoms with Crippen molar-refractivity contribution >= 4 is 11.9 Å². The molecule has 2 fully saturated rings. The van der Waals surface area contributed by atoms with Crippen molar-refractivity contribution in [3.05, 3.63) is 35.4 Å². The molecular formula is C22H25F3N2O3. The summed E-state index contributed by atoms with van der Waals surface area (Å²) in [6.45, 7) is 0.0894. The predicted molar refractivity (Wildman–Crippen MR) is 104 cm³/mol. The van der Waals surface area contributed by atoms with Gasteiger partial charge in [0.05, 0.1) is 25.8 Å². The number of esters is 1. The van der Waals surface area contributed by atoms with Gasteiger partial charge in [0.15, 0.2) is 0 Å². The van der Waals surface area contributed by atoms with Crippen LogP contribution in [0.5, 0.6) is 0 Å². The van der Waals surface area contributed by atoms with E-state index in [0.717, 1.165) is 37.8 Å². The van der Waals surface area contributed by atoms with Gasteiger partial charge in [0.1, 0.15) is 6.04 Å². The first kappa shape index (κ1) is 22.2. The first-order chi connectivity index (χ1) is 14.3. The molecule has 8 heteroatoms.